The Kier molecular flexibility index (Phi) is 4.79. The van der Waals surface area contributed by atoms with Gasteiger partial charge in [-0.05, 0) is 34.1 Å². The van der Waals surface area contributed by atoms with Gasteiger partial charge in [-0.2, -0.15) is 0 Å². The summed E-state index contributed by atoms with van der Waals surface area (Å²) in [6, 6.07) is 5.41. The largest absolute Gasteiger partial charge is 0.300 e. The predicted molar refractivity (Wildman–Crippen MR) is 85.9 cm³/mol. The van der Waals surface area contributed by atoms with E-state index in [-0.39, 0.29) is 14.2 Å². The molecule has 0 amide bonds. The van der Waals surface area contributed by atoms with Crippen molar-refractivity contribution in [3.05, 3.63) is 48.2 Å². The van der Waals surface area contributed by atoms with Crippen LogP contribution in [0.3, 0.4) is 0 Å². The number of benzene rings is 1. The van der Waals surface area contributed by atoms with Crippen molar-refractivity contribution in [3.8, 4) is 0 Å². The lowest BCUT2D eigenvalue weighted by molar-refractivity contribution is -0.384. The van der Waals surface area contributed by atoms with Crippen LogP contribution in [0, 0.1) is 10.1 Å². The SMILES string of the molecule is O=[N+]([O-])c1cc(S(=O)(=O)Nc2ccc(Cl)cc2Br)sc1Cl. The predicted octanol–water partition coefficient (Wildman–Crippen LogP) is 4.53. The van der Waals surface area contributed by atoms with Gasteiger partial charge in [0.15, 0.2) is 4.34 Å². The van der Waals surface area contributed by atoms with E-state index in [2.05, 4.69) is 20.7 Å². The number of thiophene rings is 1. The number of rotatable bonds is 4. The van der Waals surface area contributed by atoms with E-state index >= 15 is 0 Å². The molecule has 1 aromatic carbocycles. The summed E-state index contributed by atoms with van der Waals surface area (Å²) < 4.78 is 26.7. The summed E-state index contributed by atoms with van der Waals surface area (Å²) in [5.74, 6) is 0. The van der Waals surface area contributed by atoms with E-state index in [0.29, 0.717) is 20.8 Å². The monoisotopic (exact) mass is 430 g/mol. The summed E-state index contributed by atoms with van der Waals surface area (Å²) in [4.78, 5) is 9.96. The number of anilines is 1. The van der Waals surface area contributed by atoms with Gasteiger partial charge in [-0.3, -0.25) is 14.8 Å². The second kappa shape index (κ2) is 6.09. The van der Waals surface area contributed by atoms with Gasteiger partial charge in [0.25, 0.3) is 15.7 Å². The first-order chi connectivity index (χ1) is 9.70. The molecule has 21 heavy (non-hydrogen) atoms. The van der Waals surface area contributed by atoms with Crippen LogP contribution >= 0.6 is 50.5 Å². The molecular formula is C10H5BrCl2N2O4S2. The molecule has 2 aromatic rings. The molecule has 1 heterocycles. The van der Waals surface area contributed by atoms with Crippen LogP contribution in [-0.2, 0) is 10.0 Å². The summed E-state index contributed by atoms with van der Waals surface area (Å²) in [6.07, 6.45) is 0. The minimum absolute atomic E-state index is 0.199. The summed E-state index contributed by atoms with van der Waals surface area (Å²) in [5, 5.41) is 11.1. The zero-order chi connectivity index (χ0) is 15.8. The van der Waals surface area contributed by atoms with Gasteiger partial charge in [0.05, 0.1) is 10.6 Å². The molecule has 0 spiro atoms. The van der Waals surface area contributed by atoms with Gasteiger partial charge in [-0.1, -0.05) is 23.2 Å². The summed E-state index contributed by atoms with van der Waals surface area (Å²) >= 11 is 15.2. The second-order valence-corrected chi connectivity index (χ2v) is 8.57. The van der Waals surface area contributed by atoms with Gasteiger partial charge in [-0.15, -0.1) is 11.3 Å². The number of hydrogen-bond acceptors (Lipinski definition) is 5. The van der Waals surface area contributed by atoms with Crippen LogP contribution < -0.4 is 4.72 Å². The van der Waals surface area contributed by atoms with E-state index in [1.54, 1.807) is 0 Å². The molecule has 0 radical (unpaired) electrons. The molecule has 0 fully saturated rings. The molecule has 2 rings (SSSR count). The van der Waals surface area contributed by atoms with Gasteiger partial charge in [0.1, 0.15) is 4.21 Å². The summed E-state index contributed by atoms with van der Waals surface area (Å²) in [5.41, 5.74) is -0.191. The fourth-order valence-corrected chi connectivity index (χ4v) is 5.02. The van der Waals surface area contributed by atoms with Crippen molar-refractivity contribution in [2.75, 3.05) is 4.72 Å². The molecule has 1 aromatic heterocycles. The van der Waals surface area contributed by atoms with Crippen LogP contribution in [0.1, 0.15) is 0 Å². The number of nitrogens with zero attached hydrogens (tertiary/aromatic N) is 1. The van der Waals surface area contributed by atoms with Crippen molar-refractivity contribution in [2.24, 2.45) is 0 Å². The standard InChI is InChI=1S/C10H5BrCl2N2O4S2/c11-6-3-5(12)1-2-7(6)14-21(18,19)9-4-8(15(16)17)10(13)20-9/h1-4,14H. The quantitative estimate of drug-likeness (QED) is 0.568. The normalized spacial score (nSPS) is 11.4. The van der Waals surface area contributed by atoms with Gasteiger partial charge in [0, 0.05) is 15.6 Å². The van der Waals surface area contributed by atoms with E-state index in [0.717, 1.165) is 6.07 Å². The highest BCUT2D eigenvalue weighted by molar-refractivity contribution is 9.10. The molecule has 0 bridgehead atoms. The van der Waals surface area contributed by atoms with Crippen molar-refractivity contribution < 1.29 is 13.3 Å². The van der Waals surface area contributed by atoms with Crippen LogP contribution in [0.5, 0.6) is 0 Å². The Labute approximate surface area is 142 Å². The average Bonchev–Trinajstić information content (AvgIpc) is 2.76. The fourth-order valence-electron chi connectivity index (χ4n) is 1.36. The van der Waals surface area contributed by atoms with E-state index in [4.69, 9.17) is 23.2 Å². The average molecular weight is 432 g/mol. The van der Waals surface area contributed by atoms with Crippen LogP contribution in [0.15, 0.2) is 32.9 Å². The molecule has 0 saturated heterocycles. The molecule has 0 aliphatic heterocycles. The molecular weight excluding hydrogens is 427 g/mol. The third-order valence-corrected chi connectivity index (χ3v) is 6.35. The van der Waals surface area contributed by atoms with E-state index in [9.17, 15) is 18.5 Å². The van der Waals surface area contributed by atoms with Gasteiger partial charge < -0.3 is 0 Å². The van der Waals surface area contributed by atoms with Crippen LogP contribution in [-0.4, -0.2) is 13.3 Å². The molecule has 6 nitrogen and oxygen atoms in total. The van der Waals surface area contributed by atoms with Crippen LogP contribution in [0.4, 0.5) is 11.4 Å². The molecule has 11 heteroatoms. The third-order valence-electron chi connectivity index (χ3n) is 2.28. The van der Waals surface area contributed by atoms with Crippen molar-refractivity contribution >= 4 is 71.9 Å². The smallest absolute Gasteiger partial charge is 0.278 e. The molecule has 0 aliphatic rings. The first kappa shape index (κ1) is 16.5. The molecule has 0 atom stereocenters. The topological polar surface area (TPSA) is 89.3 Å². The maximum atomic E-state index is 12.2. The van der Waals surface area contributed by atoms with Crippen LogP contribution in [0.25, 0.3) is 0 Å². The Bertz CT molecular complexity index is 822. The minimum Gasteiger partial charge on any atom is -0.278 e. The second-order valence-electron chi connectivity index (χ2n) is 3.71. The van der Waals surface area contributed by atoms with Gasteiger partial charge in [-0.25, -0.2) is 8.42 Å². The molecule has 112 valence electrons. The fraction of sp³-hybridized carbons (Fsp3) is 0. The van der Waals surface area contributed by atoms with Crippen molar-refractivity contribution in [2.45, 2.75) is 4.21 Å². The highest BCUT2D eigenvalue weighted by Gasteiger charge is 2.25. The maximum absolute atomic E-state index is 12.2. The summed E-state index contributed by atoms with van der Waals surface area (Å²) in [6.45, 7) is 0. The van der Waals surface area contributed by atoms with Gasteiger partial charge >= 0.3 is 0 Å². The van der Waals surface area contributed by atoms with Crippen molar-refractivity contribution in [1.82, 2.24) is 0 Å². The lowest BCUT2D eigenvalue weighted by atomic mass is 10.3. The lowest BCUT2D eigenvalue weighted by Crippen LogP contribution is -2.11. The van der Waals surface area contributed by atoms with E-state index in [1.807, 2.05) is 0 Å². The Hall–Kier alpha value is -0.870. The molecule has 1 N–H and O–H groups in total. The highest BCUT2D eigenvalue weighted by atomic mass is 79.9. The van der Waals surface area contributed by atoms with E-state index < -0.39 is 20.6 Å². The van der Waals surface area contributed by atoms with Crippen molar-refractivity contribution in [1.29, 1.82) is 0 Å². The first-order valence-corrected chi connectivity index (χ1v) is 8.97. The Morgan fingerprint density at radius 2 is 1.95 bits per heavy atom. The maximum Gasteiger partial charge on any atom is 0.300 e. The molecule has 0 unspecified atom stereocenters. The number of sulfonamides is 1. The zero-order valence-corrected chi connectivity index (χ0v) is 14.6. The van der Waals surface area contributed by atoms with Gasteiger partial charge in [0.2, 0.25) is 0 Å². The molecule has 0 aliphatic carbocycles. The molecule has 0 saturated carbocycles. The number of nitro groups is 1. The van der Waals surface area contributed by atoms with Crippen molar-refractivity contribution in [3.63, 3.8) is 0 Å². The van der Waals surface area contributed by atoms with E-state index in [1.165, 1.54) is 18.2 Å². The Morgan fingerprint density at radius 1 is 1.29 bits per heavy atom. The number of nitrogens with one attached hydrogen (secondary N) is 1. The van der Waals surface area contributed by atoms with Crippen LogP contribution in [0.2, 0.25) is 9.36 Å². The minimum atomic E-state index is -3.98. The number of halogens is 3. The Balaban J connectivity index is 2.38. The first-order valence-electron chi connectivity index (χ1n) is 5.12. The highest BCUT2D eigenvalue weighted by Crippen LogP contribution is 2.37. The lowest BCUT2D eigenvalue weighted by Gasteiger charge is -2.08. The number of hydrogen-bond donors (Lipinski definition) is 1. The Morgan fingerprint density at radius 3 is 2.48 bits per heavy atom. The third kappa shape index (κ3) is 3.67. The summed E-state index contributed by atoms with van der Waals surface area (Å²) in [7, 11) is -3.98. The zero-order valence-electron chi connectivity index (χ0n) is 9.84.